The maximum atomic E-state index is 12.4. The maximum Gasteiger partial charge on any atom is 0.326 e. The SMILES string of the molecule is Nc1cc(Br)cc(C(=O)N2CCCC[C@H]2C(=O)O)c1. The number of hydrogen-bond donors (Lipinski definition) is 2. The van der Waals surface area contributed by atoms with Gasteiger partial charge in [0.25, 0.3) is 5.91 Å². The van der Waals surface area contributed by atoms with Gasteiger partial charge in [0, 0.05) is 22.3 Å². The lowest BCUT2D eigenvalue weighted by Crippen LogP contribution is -2.48. The number of rotatable bonds is 2. The van der Waals surface area contributed by atoms with E-state index >= 15 is 0 Å². The molecule has 0 radical (unpaired) electrons. The van der Waals surface area contributed by atoms with E-state index in [-0.39, 0.29) is 5.91 Å². The lowest BCUT2D eigenvalue weighted by atomic mass is 10.0. The molecule has 1 saturated heterocycles. The maximum absolute atomic E-state index is 12.4. The largest absolute Gasteiger partial charge is 0.480 e. The Kier molecular flexibility index (Phi) is 4.09. The molecule has 5 nitrogen and oxygen atoms in total. The summed E-state index contributed by atoms with van der Waals surface area (Å²) < 4.78 is 0.708. The third kappa shape index (κ3) is 3.07. The lowest BCUT2D eigenvalue weighted by Gasteiger charge is -2.33. The lowest BCUT2D eigenvalue weighted by molar-refractivity contribution is -0.143. The standard InChI is InChI=1S/C13H15BrN2O3/c14-9-5-8(6-10(15)7-9)12(17)16-4-2-1-3-11(16)13(18)19/h5-7,11H,1-4,15H2,(H,18,19)/t11-/m0/s1. The molecule has 1 aliphatic rings. The zero-order chi connectivity index (χ0) is 14.0. The number of likely N-dealkylation sites (tertiary alicyclic amines) is 1. The molecule has 1 amide bonds. The quantitative estimate of drug-likeness (QED) is 0.815. The number of hydrogen-bond acceptors (Lipinski definition) is 3. The van der Waals surface area contributed by atoms with Gasteiger partial charge in [-0.3, -0.25) is 4.79 Å². The number of nitrogens with zero attached hydrogens (tertiary/aromatic N) is 1. The van der Waals surface area contributed by atoms with Crippen LogP contribution in [0.4, 0.5) is 5.69 Å². The molecular weight excluding hydrogens is 312 g/mol. The highest BCUT2D eigenvalue weighted by molar-refractivity contribution is 9.10. The first kappa shape index (κ1) is 13.9. The topological polar surface area (TPSA) is 83.6 Å². The van der Waals surface area contributed by atoms with Crippen molar-refractivity contribution in [3.63, 3.8) is 0 Å². The van der Waals surface area contributed by atoms with Crippen LogP contribution >= 0.6 is 15.9 Å². The van der Waals surface area contributed by atoms with Crippen molar-refractivity contribution in [1.82, 2.24) is 4.90 Å². The molecule has 1 heterocycles. The van der Waals surface area contributed by atoms with Gasteiger partial charge in [-0.1, -0.05) is 15.9 Å². The Hall–Kier alpha value is -1.56. The number of piperidine rings is 1. The van der Waals surface area contributed by atoms with Crippen LogP contribution in [0.25, 0.3) is 0 Å². The van der Waals surface area contributed by atoms with Crippen LogP contribution in [-0.4, -0.2) is 34.5 Å². The van der Waals surface area contributed by atoms with Crippen LogP contribution in [-0.2, 0) is 4.79 Å². The Morgan fingerprint density at radius 1 is 1.32 bits per heavy atom. The van der Waals surface area contributed by atoms with E-state index in [0.717, 1.165) is 12.8 Å². The molecule has 0 aliphatic carbocycles. The van der Waals surface area contributed by atoms with E-state index in [4.69, 9.17) is 5.73 Å². The summed E-state index contributed by atoms with van der Waals surface area (Å²) in [6, 6.07) is 4.19. The zero-order valence-electron chi connectivity index (χ0n) is 10.3. The number of amides is 1. The molecule has 0 saturated carbocycles. The number of carbonyl (C=O) groups is 2. The summed E-state index contributed by atoms with van der Waals surface area (Å²) in [6.45, 7) is 0.474. The summed E-state index contributed by atoms with van der Waals surface area (Å²) in [5.74, 6) is -1.23. The molecule has 3 N–H and O–H groups in total. The van der Waals surface area contributed by atoms with Gasteiger partial charge in [0.05, 0.1) is 0 Å². The highest BCUT2D eigenvalue weighted by atomic mass is 79.9. The molecule has 19 heavy (non-hydrogen) atoms. The summed E-state index contributed by atoms with van der Waals surface area (Å²) in [4.78, 5) is 25.0. The van der Waals surface area contributed by atoms with E-state index in [1.54, 1.807) is 18.2 Å². The molecule has 1 aromatic rings. The highest BCUT2D eigenvalue weighted by Crippen LogP contribution is 2.23. The summed E-state index contributed by atoms with van der Waals surface area (Å²) in [5, 5.41) is 9.19. The fourth-order valence-corrected chi connectivity index (χ4v) is 2.84. The van der Waals surface area contributed by atoms with Gasteiger partial charge < -0.3 is 15.7 Å². The molecule has 1 fully saturated rings. The Balaban J connectivity index is 2.28. The molecule has 0 aromatic heterocycles. The van der Waals surface area contributed by atoms with Crippen LogP contribution < -0.4 is 5.73 Å². The van der Waals surface area contributed by atoms with E-state index in [0.29, 0.717) is 28.7 Å². The number of carbonyl (C=O) groups excluding carboxylic acids is 1. The van der Waals surface area contributed by atoms with Gasteiger partial charge in [-0.15, -0.1) is 0 Å². The van der Waals surface area contributed by atoms with Crippen LogP contribution in [0.5, 0.6) is 0 Å². The summed E-state index contributed by atoms with van der Waals surface area (Å²) in [7, 11) is 0. The van der Waals surface area contributed by atoms with Crippen molar-refractivity contribution in [2.75, 3.05) is 12.3 Å². The van der Waals surface area contributed by atoms with E-state index in [1.165, 1.54) is 4.90 Å². The van der Waals surface area contributed by atoms with Gasteiger partial charge in [0.15, 0.2) is 0 Å². The average Bonchev–Trinajstić information content (AvgIpc) is 2.36. The molecule has 1 atom stereocenters. The second-order valence-corrected chi connectivity index (χ2v) is 5.54. The van der Waals surface area contributed by atoms with E-state index < -0.39 is 12.0 Å². The van der Waals surface area contributed by atoms with Crippen molar-refractivity contribution >= 4 is 33.5 Å². The Morgan fingerprint density at radius 3 is 2.68 bits per heavy atom. The van der Waals surface area contributed by atoms with Crippen molar-refractivity contribution in [3.05, 3.63) is 28.2 Å². The molecule has 102 valence electrons. The molecule has 0 spiro atoms. The number of aliphatic carboxylic acids is 1. The smallest absolute Gasteiger partial charge is 0.326 e. The number of nitrogens with two attached hydrogens (primary N) is 1. The van der Waals surface area contributed by atoms with Gasteiger partial charge in [0.1, 0.15) is 6.04 Å². The van der Waals surface area contributed by atoms with Crippen LogP contribution in [0.1, 0.15) is 29.6 Å². The molecule has 6 heteroatoms. The second kappa shape index (κ2) is 5.61. The fourth-order valence-electron chi connectivity index (χ4n) is 2.33. The van der Waals surface area contributed by atoms with Crippen LogP contribution in [0.15, 0.2) is 22.7 Å². The average molecular weight is 327 g/mol. The zero-order valence-corrected chi connectivity index (χ0v) is 11.9. The van der Waals surface area contributed by atoms with Gasteiger partial charge in [0.2, 0.25) is 0 Å². The van der Waals surface area contributed by atoms with Crippen LogP contribution in [0.2, 0.25) is 0 Å². The third-order valence-corrected chi connectivity index (χ3v) is 3.67. The van der Waals surface area contributed by atoms with Gasteiger partial charge in [-0.2, -0.15) is 0 Å². The minimum atomic E-state index is -0.948. The molecule has 1 aliphatic heterocycles. The van der Waals surface area contributed by atoms with E-state index in [1.807, 2.05) is 0 Å². The predicted octanol–water partition coefficient (Wildman–Crippen LogP) is 2.11. The van der Waals surface area contributed by atoms with Crippen molar-refractivity contribution < 1.29 is 14.7 Å². The normalized spacial score (nSPS) is 19.2. The molecule has 2 rings (SSSR count). The monoisotopic (exact) mass is 326 g/mol. The third-order valence-electron chi connectivity index (χ3n) is 3.22. The Morgan fingerprint density at radius 2 is 2.05 bits per heavy atom. The predicted molar refractivity (Wildman–Crippen MR) is 74.9 cm³/mol. The first-order valence-electron chi connectivity index (χ1n) is 6.09. The molecular formula is C13H15BrN2O3. The first-order chi connectivity index (χ1) is 8.99. The van der Waals surface area contributed by atoms with E-state index in [9.17, 15) is 14.7 Å². The number of nitrogen functional groups attached to an aromatic ring is 1. The van der Waals surface area contributed by atoms with Crippen molar-refractivity contribution in [1.29, 1.82) is 0 Å². The summed E-state index contributed by atoms with van der Waals surface area (Å²) >= 11 is 3.28. The van der Waals surface area contributed by atoms with Crippen LogP contribution in [0, 0.1) is 0 Å². The molecule has 1 aromatic carbocycles. The number of benzene rings is 1. The van der Waals surface area contributed by atoms with Crippen molar-refractivity contribution in [2.24, 2.45) is 0 Å². The minimum Gasteiger partial charge on any atom is -0.480 e. The van der Waals surface area contributed by atoms with E-state index in [2.05, 4.69) is 15.9 Å². The number of carboxylic acid groups (broad SMARTS) is 1. The highest BCUT2D eigenvalue weighted by Gasteiger charge is 2.32. The van der Waals surface area contributed by atoms with Gasteiger partial charge in [-0.05, 0) is 37.5 Å². The summed E-state index contributed by atoms with van der Waals surface area (Å²) in [5.41, 5.74) is 6.59. The van der Waals surface area contributed by atoms with Crippen LogP contribution in [0.3, 0.4) is 0 Å². The fraction of sp³-hybridized carbons (Fsp3) is 0.385. The van der Waals surface area contributed by atoms with Crippen molar-refractivity contribution in [3.8, 4) is 0 Å². The summed E-state index contributed by atoms with van der Waals surface area (Å²) in [6.07, 6.45) is 2.17. The second-order valence-electron chi connectivity index (χ2n) is 4.62. The molecule has 0 unspecified atom stereocenters. The number of halogens is 1. The number of carboxylic acids is 1. The first-order valence-corrected chi connectivity index (χ1v) is 6.88. The Labute approximate surface area is 119 Å². The minimum absolute atomic E-state index is 0.278. The van der Waals surface area contributed by atoms with Gasteiger partial charge in [-0.25, -0.2) is 4.79 Å². The Bertz CT molecular complexity index is 498. The van der Waals surface area contributed by atoms with Crippen molar-refractivity contribution in [2.45, 2.75) is 25.3 Å². The van der Waals surface area contributed by atoms with Gasteiger partial charge >= 0.3 is 5.97 Å². The number of anilines is 1. The molecule has 0 bridgehead atoms.